The molecule has 3 unspecified atom stereocenters. The maximum Gasteiger partial charge on any atom is 0.222 e. The van der Waals surface area contributed by atoms with Gasteiger partial charge in [0.05, 0.1) is 31.3 Å². The Morgan fingerprint density at radius 1 is 0.581 bits per heavy atom. The van der Waals surface area contributed by atoms with E-state index in [0.717, 1.165) is 32.1 Å². The van der Waals surface area contributed by atoms with Gasteiger partial charge >= 0.3 is 0 Å². The van der Waals surface area contributed by atoms with Gasteiger partial charge in [-0.15, -0.1) is 0 Å². The number of carbonyl (C=O) groups is 1. The second-order valence-electron chi connectivity index (χ2n) is 12.8. The minimum absolute atomic E-state index is 0.00855. The summed E-state index contributed by atoms with van der Waals surface area (Å²) in [6.07, 6.45) is 38.8. The first kappa shape index (κ1) is 41.8. The number of unbranched alkanes of at least 4 members (excludes halogenated alkanes) is 22. The van der Waals surface area contributed by atoms with Gasteiger partial charge in [-0.05, 0) is 32.1 Å². The lowest BCUT2D eigenvalue weighted by atomic mass is 10.0. The van der Waals surface area contributed by atoms with Crippen LogP contribution in [0.5, 0.6) is 0 Å². The second kappa shape index (κ2) is 33.7. The van der Waals surface area contributed by atoms with Gasteiger partial charge in [-0.25, -0.2) is 0 Å². The Hall–Kier alpha value is -1.17. The third-order valence-corrected chi connectivity index (χ3v) is 8.49. The van der Waals surface area contributed by atoms with E-state index in [0.29, 0.717) is 6.42 Å². The zero-order chi connectivity index (χ0) is 31.6. The largest absolute Gasteiger partial charge is 0.394 e. The number of hydrogen-bond acceptors (Lipinski definition) is 4. The Morgan fingerprint density at radius 3 is 1.49 bits per heavy atom. The van der Waals surface area contributed by atoms with E-state index in [1.165, 1.54) is 128 Å². The standard InChI is InChI=1S/C38H73NO4/c1-3-5-7-9-11-13-15-16-17-18-19-20-22-24-26-28-30-32-37(42)36(34-40)39-38(43)33-35(41)31-29-27-25-23-21-14-12-10-8-6-4-2/h22,24,30,32,35-37,40-42H,3-21,23,25-29,31,33-34H2,1-2H3,(H,39,43)/b24-22+,32-30+. The maximum absolute atomic E-state index is 12.3. The molecule has 0 aliphatic heterocycles. The van der Waals surface area contributed by atoms with Crippen molar-refractivity contribution in [2.75, 3.05) is 6.61 Å². The third kappa shape index (κ3) is 30.6. The van der Waals surface area contributed by atoms with Crippen molar-refractivity contribution in [3.05, 3.63) is 24.3 Å². The molecule has 0 heterocycles. The predicted molar refractivity (Wildman–Crippen MR) is 185 cm³/mol. The number of carbonyl (C=O) groups excluding carboxylic acids is 1. The van der Waals surface area contributed by atoms with Crippen LogP contribution in [0.2, 0.25) is 0 Å². The van der Waals surface area contributed by atoms with Crippen LogP contribution in [-0.2, 0) is 4.79 Å². The SMILES string of the molecule is CCCCCCCCCCCCC/C=C/CC/C=C/C(O)C(CO)NC(=O)CC(O)CCCCCCCCCCCCC. The molecule has 0 bridgehead atoms. The van der Waals surface area contributed by atoms with E-state index < -0.39 is 18.2 Å². The molecule has 0 radical (unpaired) electrons. The molecule has 0 spiro atoms. The van der Waals surface area contributed by atoms with Crippen LogP contribution in [0.1, 0.15) is 187 Å². The van der Waals surface area contributed by atoms with Gasteiger partial charge in [0.15, 0.2) is 0 Å². The molecule has 43 heavy (non-hydrogen) atoms. The normalized spacial score (nSPS) is 14.1. The van der Waals surface area contributed by atoms with E-state index in [1.807, 2.05) is 6.08 Å². The predicted octanol–water partition coefficient (Wildman–Crippen LogP) is 9.87. The van der Waals surface area contributed by atoms with Crippen molar-refractivity contribution in [2.45, 2.75) is 205 Å². The molecule has 5 nitrogen and oxygen atoms in total. The Kier molecular flexibility index (Phi) is 32.8. The molecule has 0 aliphatic rings. The number of hydrogen-bond donors (Lipinski definition) is 4. The number of nitrogens with one attached hydrogen (secondary N) is 1. The summed E-state index contributed by atoms with van der Waals surface area (Å²) in [6.45, 7) is 4.18. The van der Waals surface area contributed by atoms with Crippen molar-refractivity contribution in [1.82, 2.24) is 5.32 Å². The van der Waals surface area contributed by atoms with E-state index in [9.17, 15) is 20.1 Å². The minimum atomic E-state index is -0.946. The molecule has 1 amide bonds. The molecule has 0 aromatic heterocycles. The van der Waals surface area contributed by atoms with Crippen molar-refractivity contribution < 1.29 is 20.1 Å². The molecular formula is C38H73NO4. The van der Waals surface area contributed by atoms with Gasteiger partial charge in [0.25, 0.3) is 0 Å². The molecule has 4 N–H and O–H groups in total. The van der Waals surface area contributed by atoms with Gasteiger partial charge < -0.3 is 20.6 Å². The van der Waals surface area contributed by atoms with Crippen LogP contribution in [-0.4, -0.2) is 46.1 Å². The summed E-state index contributed by atoms with van der Waals surface area (Å²) in [5.41, 5.74) is 0. The summed E-state index contributed by atoms with van der Waals surface area (Å²) in [5, 5.41) is 33.0. The number of allylic oxidation sites excluding steroid dienone is 3. The maximum atomic E-state index is 12.3. The first-order valence-electron chi connectivity index (χ1n) is 18.6. The summed E-state index contributed by atoms with van der Waals surface area (Å²) in [6, 6.07) is -0.755. The fraction of sp³-hybridized carbons (Fsp3) is 0.868. The van der Waals surface area contributed by atoms with Crippen LogP contribution in [0.4, 0.5) is 0 Å². The van der Waals surface area contributed by atoms with Crippen LogP contribution in [0.3, 0.4) is 0 Å². The van der Waals surface area contributed by atoms with E-state index in [1.54, 1.807) is 6.08 Å². The van der Waals surface area contributed by atoms with Gasteiger partial charge in [0.2, 0.25) is 5.91 Å². The fourth-order valence-corrected chi connectivity index (χ4v) is 5.59. The summed E-state index contributed by atoms with van der Waals surface area (Å²) >= 11 is 0. The van der Waals surface area contributed by atoms with Crippen LogP contribution in [0.15, 0.2) is 24.3 Å². The molecule has 0 aromatic carbocycles. The highest BCUT2D eigenvalue weighted by Crippen LogP contribution is 2.14. The lowest BCUT2D eigenvalue weighted by Gasteiger charge is -2.21. The van der Waals surface area contributed by atoms with Gasteiger partial charge in [0.1, 0.15) is 0 Å². The van der Waals surface area contributed by atoms with Crippen LogP contribution < -0.4 is 5.32 Å². The van der Waals surface area contributed by atoms with Crippen LogP contribution in [0, 0.1) is 0 Å². The highest BCUT2D eigenvalue weighted by Gasteiger charge is 2.20. The quantitative estimate of drug-likeness (QED) is 0.0441. The number of aliphatic hydroxyl groups excluding tert-OH is 3. The topological polar surface area (TPSA) is 89.8 Å². The van der Waals surface area contributed by atoms with Crippen molar-refractivity contribution in [3.63, 3.8) is 0 Å². The molecule has 0 rings (SSSR count). The highest BCUT2D eigenvalue weighted by molar-refractivity contribution is 5.76. The van der Waals surface area contributed by atoms with Gasteiger partial charge in [0, 0.05) is 0 Å². The Labute approximate surface area is 267 Å². The van der Waals surface area contributed by atoms with Crippen molar-refractivity contribution >= 4 is 5.91 Å². The molecule has 0 saturated heterocycles. The smallest absolute Gasteiger partial charge is 0.222 e. The Bertz CT molecular complexity index is 635. The Morgan fingerprint density at radius 2 is 1.00 bits per heavy atom. The van der Waals surface area contributed by atoms with E-state index in [-0.39, 0.29) is 18.9 Å². The van der Waals surface area contributed by atoms with E-state index in [2.05, 4.69) is 31.3 Å². The van der Waals surface area contributed by atoms with Crippen molar-refractivity contribution in [1.29, 1.82) is 0 Å². The molecule has 254 valence electrons. The van der Waals surface area contributed by atoms with Crippen LogP contribution in [0.25, 0.3) is 0 Å². The third-order valence-electron chi connectivity index (χ3n) is 8.49. The highest BCUT2D eigenvalue weighted by atomic mass is 16.3. The zero-order valence-electron chi connectivity index (χ0n) is 28.6. The van der Waals surface area contributed by atoms with Crippen molar-refractivity contribution in [3.8, 4) is 0 Å². The molecular weight excluding hydrogens is 534 g/mol. The molecule has 0 saturated carbocycles. The van der Waals surface area contributed by atoms with Gasteiger partial charge in [-0.3, -0.25) is 4.79 Å². The molecule has 0 fully saturated rings. The van der Waals surface area contributed by atoms with E-state index in [4.69, 9.17) is 0 Å². The molecule has 5 heteroatoms. The van der Waals surface area contributed by atoms with E-state index >= 15 is 0 Å². The average molecular weight is 608 g/mol. The molecule has 0 aromatic rings. The number of amides is 1. The minimum Gasteiger partial charge on any atom is -0.394 e. The summed E-state index contributed by atoms with van der Waals surface area (Å²) in [5.74, 6) is -0.326. The lowest BCUT2D eigenvalue weighted by molar-refractivity contribution is -0.124. The molecule has 0 aliphatic carbocycles. The summed E-state index contributed by atoms with van der Waals surface area (Å²) in [4.78, 5) is 12.3. The number of rotatable bonds is 33. The lowest BCUT2D eigenvalue weighted by Crippen LogP contribution is -2.45. The average Bonchev–Trinajstić information content (AvgIpc) is 3.00. The fourth-order valence-electron chi connectivity index (χ4n) is 5.59. The van der Waals surface area contributed by atoms with Crippen LogP contribution >= 0.6 is 0 Å². The zero-order valence-corrected chi connectivity index (χ0v) is 28.6. The number of aliphatic hydroxyl groups is 3. The van der Waals surface area contributed by atoms with Gasteiger partial charge in [-0.2, -0.15) is 0 Å². The first-order valence-corrected chi connectivity index (χ1v) is 18.6. The monoisotopic (exact) mass is 608 g/mol. The summed E-state index contributed by atoms with van der Waals surface area (Å²) < 4.78 is 0. The summed E-state index contributed by atoms with van der Waals surface area (Å²) in [7, 11) is 0. The van der Waals surface area contributed by atoms with Gasteiger partial charge in [-0.1, -0.05) is 173 Å². The Balaban J connectivity index is 3.78. The second-order valence-corrected chi connectivity index (χ2v) is 12.8. The first-order chi connectivity index (χ1) is 21.0. The van der Waals surface area contributed by atoms with Crippen molar-refractivity contribution in [2.24, 2.45) is 0 Å². The molecule has 3 atom stereocenters.